The standard InChI is InChI=1S/C8H12N2O4/c1-4-9-3-6(14-5(2)11)7(10-4)8(12)13/h6-7H,3H2,1-2H3,(H,9,10)(H,12,13). The third-order valence-corrected chi connectivity index (χ3v) is 1.81. The number of hydrogen-bond acceptors (Lipinski definition) is 5. The number of amidine groups is 1. The lowest BCUT2D eigenvalue weighted by Gasteiger charge is -2.26. The highest BCUT2D eigenvalue weighted by atomic mass is 16.5. The molecule has 0 aliphatic carbocycles. The first kappa shape index (κ1) is 10.5. The molecule has 14 heavy (non-hydrogen) atoms. The Balaban J connectivity index is 2.75. The summed E-state index contributed by atoms with van der Waals surface area (Å²) in [6.07, 6.45) is -0.728. The van der Waals surface area contributed by atoms with Gasteiger partial charge in [-0.05, 0) is 6.92 Å². The molecule has 0 spiro atoms. The lowest BCUT2D eigenvalue weighted by molar-refractivity contribution is -0.152. The van der Waals surface area contributed by atoms with E-state index in [9.17, 15) is 9.59 Å². The van der Waals surface area contributed by atoms with E-state index in [1.165, 1.54) is 6.92 Å². The number of aliphatic carboxylic acids is 1. The van der Waals surface area contributed by atoms with Crippen molar-refractivity contribution < 1.29 is 19.4 Å². The molecule has 0 bridgehead atoms. The van der Waals surface area contributed by atoms with Crippen molar-refractivity contribution >= 4 is 17.8 Å². The van der Waals surface area contributed by atoms with Gasteiger partial charge in [0.05, 0.1) is 12.4 Å². The van der Waals surface area contributed by atoms with Crippen molar-refractivity contribution in [2.75, 3.05) is 6.54 Å². The molecule has 0 radical (unpaired) electrons. The highest BCUT2D eigenvalue weighted by Gasteiger charge is 2.33. The molecule has 78 valence electrons. The molecule has 0 saturated carbocycles. The average molecular weight is 200 g/mol. The van der Waals surface area contributed by atoms with Gasteiger partial charge in [0.15, 0.2) is 12.1 Å². The van der Waals surface area contributed by atoms with E-state index in [1.54, 1.807) is 6.92 Å². The normalized spacial score (nSPS) is 26.0. The molecular weight excluding hydrogens is 188 g/mol. The van der Waals surface area contributed by atoms with E-state index in [4.69, 9.17) is 9.84 Å². The molecule has 6 heteroatoms. The van der Waals surface area contributed by atoms with Crippen molar-refractivity contribution in [1.29, 1.82) is 0 Å². The van der Waals surface area contributed by atoms with Gasteiger partial charge in [0.25, 0.3) is 0 Å². The SMILES string of the molecule is CC(=O)OC1CNC(C)=NC1C(=O)O. The summed E-state index contributed by atoms with van der Waals surface area (Å²) < 4.78 is 4.82. The van der Waals surface area contributed by atoms with Gasteiger partial charge < -0.3 is 15.2 Å². The summed E-state index contributed by atoms with van der Waals surface area (Å²) in [6.45, 7) is 3.19. The Kier molecular flexibility index (Phi) is 3.06. The maximum atomic E-state index is 10.8. The maximum absolute atomic E-state index is 10.8. The fraction of sp³-hybridized carbons (Fsp3) is 0.625. The van der Waals surface area contributed by atoms with Crippen LogP contribution in [0.4, 0.5) is 0 Å². The van der Waals surface area contributed by atoms with Gasteiger partial charge in [-0.25, -0.2) is 4.79 Å². The summed E-state index contributed by atoms with van der Waals surface area (Å²) in [6, 6.07) is -1.000. The molecule has 0 aromatic carbocycles. The molecule has 1 heterocycles. The van der Waals surface area contributed by atoms with E-state index in [0.29, 0.717) is 5.84 Å². The van der Waals surface area contributed by atoms with Crippen molar-refractivity contribution in [2.24, 2.45) is 4.99 Å². The summed E-state index contributed by atoms with van der Waals surface area (Å²) in [5.41, 5.74) is 0. The van der Waals surface area contributed by atoms with Gasteiger partial charge in [0.2, 0.25) is 0 Å². The molecule has 1 rings (SSSR count). The Morgan fingerprint density at radius 3 is 2.79 bits per heavy atom. The Bertz CT molecular complexity index is 287. The molecule has 2 atom stereocenters. The van der Waals surface area contributed by atoms with Crippen LogP contribution in [-0.2, 0) is 14.3 Å². The second kappa shape index (κ2) is 4.08. The molecule has 2 unspecified atom stereocenters. The number of esters is 1. The molecule has 0 fully saturated rings. The van der Waals surface area contributed by atoms with Crippen molar-refractivity contribution in [3.8, 4) is 0 Å². The molecule has 1 aliphatic rings. The van der Waals surface area contributed by atoms with Crippen LogP contribution in [0, 0.1) is 0 Å². The zero-order chi connectivity index (χ0) is 10.7. The minimum atomic E-state index is -1.09. The predicted molar refractivity (Wildman–Crippen MR) is 48.1 cm³/mol. The van der Waals surface area contributed by atoms with Gasteiger partial charge in [-0.15, -0.1) is 0 Å². The van der Waals surface area contributed by atoms with Crippen LogP contribution in [0.3, 0.4) is 0 Å². The molecule has 1 aliphatic heterocycles. The first-order valence-corrected chi connectivity index (χ1v) is 4.19. The van der Waals surface area contributed by atoms with E-state index < -0.39 is 24.1 Å². The number of carbonyl (C=O) groups is 2. The summed E-state index contributed by atoms with van der Waals surface area (Å²) in [5.74, 6) is -1.05. The number of ether oxygens (including phenoxy) is 1. The summed E-state index contributed by atoms with van der Waals surface area (Å²) in [4.78, 5) is 25.3. The first-order chi connectivity index (χ1) is 6.50. The van der Waals surface area contributed by atoms with Crippen LogP contribution >= 0.6 is 0 Å². The van der Waals surface area contributed by atoms with Crippen molar-refractivity contribution in [1.82, 2.24) is 5.32 Å². The number of rotatable bonds is 2. The first-order valence-electron chi connectivity index (χ1n) is 4.19. The predicted octanol–water partition coefficient (Wildman–Crippen LogP) is -0.607. The third-order valence-electron chi connectivity index (χ3n) is 1.81. The van der Waals surface area contributed by atoms with E-state index >= 15 is 0 Å². The van der Waals surface area contributed by atoms with Crippen LogP contribution in [-0.4, -0.2) is 41.6 Å². The Morgan fingerprint density at radius 2 is 2.29 bits per heavy atom. The Labute approximate surface area is 81.0 Å². The fourth-order valence-electron chi connectivity index (χ4n) is 1.23. The van der Waals surface area contributed by atoms with Crippen LogP contribution in [0.2, 0.25) is 0 Å². The third kappa shape index (κ3) is 2.45. The Morgan fingerprint density at radius 1 is 1.64 bits per heavy atom. The smallest absolute Gasteiger partial charge is 0.332 e. The van der Waals surface area contributed by atoms with Gasteiger partial charge in [0, 0.05) is 6.92 Å². The fourth-order valence-corrected chi connectivity index (χ4v) is 1.23. The second-order valence-corrected chi connectivity index (χ2v) is 3.03. The number of carboxylic acid groups (broad SMARTS) is 1. The van der Waals surface area contributed by atoms with Gasteiger partial charge in [-0.1, -0.05) is 0 Å². The number of nitrogens with zero attached hydrogens (tertiary/aromatic N) is 1. The van der Waals surface area contributed by atoms with E-state index in [1.807, 2.05) is 0 Å². The number of hydrogen-bond donors (Lipinski definition) is 2. The minimum absolute atomic E-state index is 0.284. The molecule has 0 aromatic rings. The van der Waals surface area contributed by atoms with Crippen LogP contribution in [0.5, 0.6) is 0 Å². The monoisotopic (exact) mass is 200 g/mol. The largest absolute Gasteiger partial charge is 0.480 e. The van der Waals surface area contributed by atoms with Crippen molar-refractivity contribution in [3.63, 3.8) is 0 Å². The lowest BCUT2D eigenvalue weighted by atomic mass is 10.1. The number of carboxylic acids is 1. The van der Waals surface area contributed by atoms with Gasteiger partial charge in [-0.2, -0.15) is 0 Å². The van der Waals surface area contributed by atoms with Gasteiger partial charge in [-0.3, -0.25) is 9.79 Å². The van der Waals surface area contributed by atoms with Gasteiger partial charge in [0.1, 0.15) is 0 Å². The van der Waals surface area contributed by atoms with Crippen LogP contribution < -0.4 is 5.32 Å². The van der Waals surface area contributed by atoms with Crippen molar-refractivity contribution in [2.45, 2.75) is 26.0 Å². The Hall–Kier alpha value is -1.59. The van der Waals surface area contributed by atoms with Crippen molar-refractivity contribution in [3.05, 3.63) is 0 Å². The van der Waals surface area contributed by atoms with E-state index in [2.05, 4.69) is 10.3 Å². The highest BCUT2D eigenvalue weighted by molar-refractivity contribution is 5.86. The quantitative estimate of drug-likeness (QED) is 0.581. The van der Waals surface area contributed by atoms with Crippen LogP contribution in [0.25, 0.3) is 0 Å². The van der Waals surface area contributed by atoms with Crippen LogP contribution in [0.15, 0.2) is 4.99 Å². The van der Waals surface area contributed by atoms with E-state index in [0.717, 1.165) is 0 Å². The molecule has 0 saturated heterocycles. The molecule has 6 nitrogen and oxygen atoms in total. The van der Waals surface area contributed by atoms with Crippen LogP contribution in [0.1, 0.15) is 13.8 Å². The lowest BCUT2D eigenvalue weighted by Crippen LogP contribution is -2.48. The maximum Gasteiger partial charge on any atom is 0.332 e. The minimum Gasteiger partial charge on any atom is -0.480 e. The zero-order valence-corrected chi connectivity index (χ0v) is 7.98. The molecule has 0 amide bonds. The van der Waals surface area contributed by atoms with E-state index in [-0.39, 0.29) is 6.54 Å². The molecular formula is C8H12N2O4. The molecule has 2 N–H and O–H groups in total. The number of aliphatic imine (C=N–C) groups is 1. The topological polar surface area (TPSA) is 88.0 Å². The summed E-state index contributed by atoms with van der Waals surface area (Å²) >= 11 is 0. The summed E-state index contributed by atoms with van der Waals surface area (Å²) in [7, 11) is 0. The average Bonchev–Trinajstić information content (AvgIpc) is 2.07. The van der Waals surface area contributed by atoms with Gasteiger partial charge >= 0.3 is 11.9 Å². The highest BCUT2D eigenvalue weighted by Crippen LogP contribution is 2.08. The zero-order valence-electron chi connectivity index (χ0n) is 7.98. The number of nitrogens with one attached hydrogen (secondary N) is 1. The molecule has 0 aromatic heterocycles. The number of carbonyl (C=O) groups excluding carboxylic acids is 1. The second-order valence-electron chi connectivity index (χ2n) is 3.03. The summed E-state index contributed by atoms with van der Waals surface area (Å²) in [5, 5.41) is 11.6.